The van der Waals surface area contributed by atoms with E-state index in [1.165, 1.54) is 10.0 Å². The van der Waals surface area contributed by atoms with Crippen LogP contribution in [0.15, 0.2) is 94.6 Å². The minimum Gasteiger partial charge on any atom is -0.281 e. The molecule has 0 amide bonds. The molecule has 6 heteroatoms. The molecule has 31 heavy (non-hydrogen) atoms. The summed E-state index contributed by atoms with van der Waals surface area (Å²) >= 11 is 0. The van der Waals surface area contributed by atoms with Gasteiger partial charge in [0.1, 0.15) is 0 Å². The molecule has 2 heterocycles. The summed E-state index contributed by atoms with van der Waals surface area (Å²) in [5, 5.41) is 1.53. The van der Waals surface area contributed by atoms with Crippen LogP contribution in [0.1, 0.15) is 11.3 Å². The van der Waals surface area contributed by atoms with Crippen molar-refractivity contribution in [1.82, 2.24) is 8.54 Å². The lowest BCUT2D eigenvalue weighted by Gasteiger charge is -2.13. The number of benzene rings is 3. The Labute approximate surface area is 179 Å². The van der Waals surface area contributed by atoms with Crippen molar-refractivity contribution in [2.75, 3.05) is 0 Å². The molecular weight excluding hydrogens is 408 g/mol. The Morgan fingerprint density at radius 1 is 0.742 bits per heavy atom. The number of fused-ring (bicyclic) bond motifs is 3. The molecule has 0 N–H and O–H groups in total. The summed E-state index contributed by atoms with van der Waals surface area (Å²) < 4.78 is 30.3. The number of hydrogen-bond donors (Lipinski definition) is 0. The van der Waals surface area contributed by atoms with Crippen molar-refractivity contribution < 1.29 is 8.42 Å². The zero-order valence-corrected chi connectivity index (χ0v) is 17.9. The van der Waals surface area contributed by atoms with Crippen LogP contribution in [0, 0.1) is 13.8 Å². The van der Waals surface area contributed by atoms with Gasteiger partial charge < -0.3 is 0 Å². The molecule has 0 saturated carbocycles. The molecule has 0 aliphatic carbocycles. The molecule has 0 bridgehead atoms. The van der Waals surface area contributed by atoms with E-state index in [4.69, 9.17) is 0 Å². The van der Waals surface area contributed by atoms with Gasteiger partial charge in [0.15, 0.2) is 0 Å². The number of aryl methyl sites for hydroxylation is 2. The Hall–Kier alpha value is -3.64. The van der Waals surface area contributed by atoms with Gasteiger partial charge in [0, 0.05) is 28.2 Å². The van der Waals surface area contributed by atoms with Crippen LogP contribution in [-0.2, 0) is 10.0 Å². The van der Waals surface area contributed by atoms with Crippen molar-refractivity contribution in [3.05, 3.63) is 107 Å². The van der Waals surface area contributed by atoms with Crippen LogP contribution in [0.2, 0.25) is 0 Å². The van der Waals surface area contributed by atoms with Gasteiger partial charge in [-0.25, -0.2) is 12.4 Å². The Bertz CT molecular complexity index is 1610. The van der Waals surface area contributed by atoms with Gasteiger partial charge in [0.05, 0.1) is 15.9 Å². The van der Waals surface area contributed by atoms with E-state index in [-0.39, 0.29) is 10.5 Å². The molecule has 0 saturated heterocycles. The zero-order chi connectivity index (χ0) is 21.8. The van der Waals surface area contributed by atoms with Gasteiger partial charge >= 0.3 is 0 Å². The Balaban J connectivity index is 1.93. The molecule has 5 rings (SSSR count). The lowest BCUT2D eigenvalue weighted by molar-refractivity contribution is 0.590. The first kappa shape index (κ1) is 19.3. The van der Waals surface area contributed by atoms with Gasteiger partial charge in [-0.3, -0.25) is 9.36 Å². The summed E-state index contributed by atoms with van der Waals surface area (Å²) in [6, 6.07) is 24.9. The van der Waals surface area contributed by atoms with Crippen LogP contribution in [0.25, 0.3) is 27.5 Å². The molecule has 2 aromatic heterocycles. The van der Waals surface area contributed by atoms with Crippen molar-refractivity contribution in [3.8, 4) is 5.69 Å². The maximum Gasteiger partial charge on any atom is 0.268 e. The van der Waals surface area contributed by atoms with Crippen molar-refractivity contribution in [2.45, 2.75) is 18.7 Å². The third-order valence-electron chi connectivity index (χ3n) is 5.62. The summed E-state index contributed by atoms with van der Waals surface area (Å²) in [5.74, 6) is 0. The molecule has 5 aromatic rings. The highest BCUT2D eigenvalue weighted by atomic mass is 32.2. The second-order valence-corrected chi connectivity index (χ2v) is 9.39. The zero-order valence-electron chi connectivity index (χ0n) is 17.1. The van der Waals surface area contributed by atoms with Crippen LogP contribution < -0.4 is 5.56 Å². The number of rotatable bonds is 3. The summed E-state index contributed by atoms with van der Waals surface area (Å²) in [7, 11) is -3.91. The average molecular weight is 429 g/mol. The third kappa shape index (κ3) is 2.91. The molecule has 154 valence electrons. The quantitative estimate of drug-likeness (QED) is 0.415. The van der Waals surface area contributed by atoms with E-state index in [9.17, 15) is 13.2 Å². The van der Waals surface area contributed by atoms with E-state index in [2.05, 4.69) is 0 Å². The molecule has 0 aliphatic rings. The summed E-state index contributed by atoms with van der Waals surface area (Å²) in [6.45, 7) is 3.76. The predicted molar refractivity (Wildman–Crippen MR) is 124 cm³/mol. The molecule has 0 aliphatic heterocycles. The van der Waals surface area contributed by atoms with E-state index >= 15 is 0 Å². The molecule has 0 fully saturated rings. The molecule has 5 nitrogen and oxygen atoms in total. The average Bonchev–Trinajstić information content (AvgIpc) is 3.09. The van der Waals surface area contributed by atoms with Gasteiger partial charge in [-0.15, -0.1) is 0 Å². The fourth-order valence-electron chi connectivity index (χ4n) is 4.17. The Kier molecular flexibility index (Phi) is 4.34. The van der Waals surface area contributed by atoms with Crippen molar-refractivity contribution in [1.29, 1.82) is 0 Å². The third-order valence-corrected chi connectivity index (χ3v) is 7.36. The number of nitrogens with zero attached hydrogens (tertiary/aromatic N) is 2. The van der Waals surface area contributed by atoms with Gasteiger partial charge in [-0.1, -0.05) is 54.1 Å². The van der Waals surface area contributed by atoms with Crippen LogP contribution in [0.3, 0.4) is 0 Å². The monoisotopic (exact) mass is 428 g/mol. The number of aromatic nitrogens is 2. The summed E-state index contributed by atoms with van der Waals surface area (Å²) in [6.07, 6.45) is 0. The largest absolute Gasteiger partial charge is 0.281 e. The van der Waals surface area contributed by atoms with E-state index in [1.807, 2.05) is 56.3 Å². The van der Waals surface area contributed by atoms with E-state index in [0.717, 1.165) is 22.0 Å². The second-order valence-electron chi connectivity index (χ2n) is 7.60. The number of pyridine rings is 1. The minimum absolute atomic E-state index is 0.186. The fourth-order valence-corrected chi connectivity index (χ4v) is 5.69. The first-order valence-electron chi connectivity index (χ1n) is 9.93. The van der Waals surface area contributed by atoms with Crippen LogP contribution in [0.4, 0.5) is 0 Å². The standard InChI is InChI=1S/C25H20N2O3S/c1-17-12-14-20(15-13-17)31(29,30)27-22-11-7-6-10-21(22)25-18(2)26(24(28)16-23(25)27)19-8-4-3-5-9-19/h3-16H,1-2H3. The smallest absolute Gasteiger partial charge is 0.268 e. The molecule has 0 atom stereocenters. The lowest BCUT2D eigenvalue weighted by atomic mass is 10.1. The SMILES string of the molecule is Cc1ccc(S(=O)(=O)n2c3ccccc3c3c(C)n(-c4ccccc4)c(=O)cc32)cc1. The molecular formula is C25H20N2O3S. The fraction of sp³-hybridized carbons (Fsp3) is 0.0800. The highest BCUT2D eigenvalue weighted by molar-refractivity contribution is 7.90. The topological polar surface area (TPSA) is 61.1 Å². The number of hydrogen-bond acceptors (Lipinski definition) is 3. The molecule has 0 radical (unpaired) electrons. The lowest BCUT2D eigenvalue weighted by Crippen LogP contribution is -2.21. The van der Waals surface area contributed by atoms with E-state index in [1.54, 1.807) is 41.0 Å². The molecule has 3 aromatic carbocycles. The van der Waals surface area contributed by atoms with Crippen LogP contribution in [0.5, 0.6) is 0 Å². The maximum absolute atomic E-state index is 13.7. The van der Waals surface area contributed by atoms with E-state index in [0.29, 0.717) is 16.7 Å². The number of para-hydroxylation sites is 2. The second kappa shape index (κ2) is 6.96. The van der Waals surface area contributed by atoms with Crippen LogP contribution in [-0.4, -0.2) is 17.0 Å². The normalized spacial score (nSPS) is 11.9. The van der Waals surface area contributed by atoms with Crippen molar-refractivity contribution in [2.24, 2.45) is 0 Å². The highest BCUT2D eigenvalue weighted by Gasteiger charge is 2.25. The first-order chi connectivity index (χ1) is 14.9. The maximum atomic E-state index is 13.7. The van der Waals surface area contributed by atoms with Gasteiger partial charge in [-0.05, 0) is 44.2 Å². The molecule has 0 spiro atoms. The molecule has 0 unspecified atom stereocenters. The van der Waals surface area contributed by atoms with Gasteiger partial charge in [-0.2, -0.15) is 0 Å². The Morgan fingerprint density at radius 2 is 1.39 bits per heavy atom. The highest BCUT2D eigenvalue weighted by Crippen LogP contribution is 2.34. The summed E-state index contributed by atoms with van der Waals surface area (Å²) in [4.78, 5) is 13.3. The van der Waals surface area contributed by atoms with Gasteiger partial charge in [0.25, 0.3) is 15.6 Å². The van der Waals surface area contributed by atoms with Crippen molar-refractivity contribution in [3.63, 3.8) is 0 Å². The van der Waals surface area contributed by atoms with Crippen LogP contribution >= 0.6 is 0 Å². The first-order valence-corrected chi connectivity index (χ1v) is 11.4. The van der Waals surface area contributed by atoms with Crippen molar-refractivity contribution >= 4 is 31.8 Å². The van der Waals surface area contributed by atoms with Gasteiger partial charge in [0.2, 0.25) is 0 Å². The minimum atomic E-state index is -3.91. The van der Waals surface area contributed by atoms with E-state index < -0.39 is 10.0 Å². The predicted octanol–water partition coefficient (Wildman–Crippen LogP) is 4.80. The Morgan fingerprint density at radius 3 is 2.10 bits per heavy atom. The summed E-state index contributed by atoms with van der Waals surface area (Å²) in [5.41, 5.74) is 3.07.